The molecule has 3 heteroatoms. The molecule has 2 unspecified atom stereocenters. The van der Waals surface area contributed by atoms with Crippen molar-refractivity contribution in [3.05, 3.63) is 71.5 Å². The molecule has 0 saturated heterocycles. The van der Waals surface area contributed by atoms with Crippen molar-refractivity contribution in [2.45, 2.75) is 19.1 Å². The van der Waals surface area contributed by atoms with E-state index in [0.29, 0.717) is 0 Å². The van der Waals surface area contributed by atoms with Gasteiger partial charge in [-0.15, -0.1) is 0 Å². The van der Waals surface area contributed by atoms with Gasteiger partial charge in [0.2, 0.25) is 0 Å². The van der Waals surface area contributed by atoms with Crippen molar-refractivity contribution in [3.8, 4) is 0 Å². The fraction of sp³-hybridized carbons (Fsp3) is 0.294. The fourth-order valence-corrected chi connectivity index (χ4v) is 2.10. The molecule has 0 fully saturated rings. The van der Waals surface area contributed by atoms with Crippen LogP contribution < -0.4 is 5.32 Å². The Balaban J connectivity index is 2.22. The summed E-state index contributed by atoms with van der Waals surface area (Å²) in [6, 6.07) is 16.8. The minimum atomic E-state index is -0.217. The van der Waals surface area contributed by atoms with Gasteiger partial charge in [0.25, 0.3) is 0 Å². The summed E-state index contributed by atoms with van der Waals surface area (Å²) in [5.41, 5.74) is 2.20. The first-order valence-corrected chi connectivity index (χ1v) is 6.77. The smallest absolute Gasteiger partial charge is 0.123 e. The van der Waals surface area contributed by atoms with Gasteiger partial charge in [0.1, 0.15) is 5.82 Å². The maximum atomic E-state index is 13.1. The highest BCUT2D eigenvalue weighted by atomic mass is 19.1. The van der Waals surface area contributed by atoms with Gasteiger partial charge in [-0.2, -0.15) is 0 Å². The van der Waals surface area contributed by atoms with Crippen molar-refractivity contribution in [3.63, 3.8) is 0 Å². The molecule has 0 saturated carbocycles. The quantitative estimate of drug-likeness (QED) is 0.869. The molecule has 0 aliphatic rings. The first kappa shape index (κ1) is 14.7. The van der Waals surface area contributed by atoms with Crippen LogP contribution in [0.2, 0.25) is 0 Å². The molecule has 2 aromatic rings. The summed E-state index contributed by atoms with van der Waals surface area (Å²) in [4.78, 5) is 0. The Morgan fingerprint density at radius 1 is 1.00 bits per heavy atom. The molecule has 0 heterocycles. The zero-order chi connectivity index (χ0) is 14.4. The Hall–Kier alpha value is -1.71. The summed E-state index contributed by atoms with van der Waals surface area (Å²) in [7, 11) is 1.70. The van der Waals surface area contributed by atoms with Crippen molar-refractivity contribution in [2.75, 3.05) is 13.7 Å². The van der Waals surface area contributed by atoms with E-state index in [1.165, 1.54) is 12.1 Å². The fourth-order valence-electron chi connectivity index (χ4n) is 2.10. The maximum absolute atomic E-state index is 13.1. The van der Waals surface area contributed by atoms with Crippen molar-refractivity contribution in [1.29, 1.82) is 0 Å². The van der Waals surface area contributed by atoms with Crippen LogP contribution in [-0.2, 0) is 4.74 Å². The average molecular weight is 273 g/mol. The Morgan fingerprint density at radius 3 is 2.20 bits per heavy atom. The number of hydrogen-bond acceptors (Lipinski definition) is 2. The zero-order valence-electron chi connectivity index (χ0n) is 11.8. The molecule has 0 bridgehead atoms. The molecule has 20 heavy (non-hydrogen) atoms. The third-order valence-electron chi connectivity index (χ3n) is 3.35. The summed E-state index contributed by atoms with van der Waals surface area (Å²) >= 11 is 0. The van der Waals surface area contributed by atoms with Crippen molar-refractivity contribution >= 4 is 0 Å². The second-order valence-corrected chi connectivity index (χ2v) is 4.85. The number of rotatable bonds is 6. The van der Waals surface area contributed by atoms with Crippen molar-refractivity contribution < 1.29 is 9.13 Å². The Morgan fingerprint density at radius 2 is 1.60 bits per heavy atom. The summed E-state index contributed by atoms with van der Waals surface area (Å²) in [6.07, 6.45) is 0.127. The monoisotopic (exact) mass is 273 g/mol. The van der Waals surface area contributed by atoms with Gasteiger partial charge < -0.3 is 10.1 Å². The van der Waals surface area contributed by atoms with E-state index in [0.717, 1.165) is 17.7 Å². The first-order valence-electron chi connectivity index (χ1n) is 6.77. The van der Waals surface area contributed by atoms with Crippen LogP contribution in [0.4, 0.5) is 4.39 Å². The van der Waals surface area contributed by atoms with Crippen molar-refractivity contribution in [2.24, 2.45) is 0 Å². The molecule has 2 rings (SSSR count). The van der Waals surface area contributed by atoms with E-state index >= 15 is 0 Å². The van der Waals surface area contributed by atoms with Crippen LogP contribution in [0.3, 0.4) is 0 Å². The van der Waals surface area contributed by atoms with Crippen LogP contribution in [0, 0.1) is 5.82 Å². The molecular formula is C17H20FNO. The molecule has 2 atom stereocenters. The molecule has 2 nitrogen and oxygen atoms in total. The van der Waals surface area contributed by atoms with Gasteiger partial charge in [-0.05, 0) is 30.2 Å². The lowest BCUT2D eigenvalue weighted by Gasteiger charge is -2.22. The lowest BCUT2D eigenvalue weighted by atomic mass is 9.98. The summed E-state index contributed by atoms with van der Waals surface area (Å²) in [6.45, 7) is 2.74. The van der Waals surface area contributed by atoms with E-state index in [4.69, 9.17) is 4.74 Å². The molecule has 0 amide bonds. The van der Waals surface area contributed by atoms with Crippen LogP contribution >= 0.6 is 0 Å². The standard InChI is InChI=1S/C17H20FNO/c1-13(20-2)12-19-17(14-6-4-3-5-7-14)15-8-10-16(18)11-9-15/h3-11,13,17,19H,12H2,1-2H3. The lowest BCUT2D eigenvalue weighted by Crippen LogP contribution is -2.30. The SMILES string of the molecule is COC(C)CNC(c1ccccc1)c1ccc(F)cc1. The molecule has 2 aromatic carbocycles. The van der Waals surface area contributed by atoms with E-state index < -0.39 is 0 Å². The predicted molar refractivity (Wildman–Crippen MR) is 79.2 cm³/mol. The molecular weight excluding hydrogens is 253 g/mol. The molecule has 0 aliphatic heterocycles. The number of nitrogens with one attached hydrogen (secondary N) is 1. The van der Waals surface area contributed by atoms with Crippen LogP contribution in [0.15, 0.2) is 54.6 Å². The number of benzene rings is 2. The van der Waals surface area contributed by atoms with Crippen LogP contribution in [0.25, 0.3) is 0 Å². The highest BCUT2D eigenvalue weighted by Crippen LogP contribution is 2.22. The number of ether oxygens (including phenoxy) is 1. The Bertz CT molecular complexity index is 512. The molecule has 1 N–H and O–H groups in total. The lowest BCUT2D eigenvalue weighted by molar-refractivity contribution is 0.115. The summed E-state index contributed by atoms with van der Waals surface area (Å²) < 4.78 is 18.3. The zero-order valence-corrected chi connectivity index (χ0v) is 11.8. The molecule has 0 aliphatic carbocycles. The maximum Gasteiger partial charge on any atom is 0.123 e. The van der Waals surface area contributed by atoms with Gasteiger partial charge in [0.05, 0.1) is 12.1 Å². The van der Waals surface area contributed by atoms with Crippen molar-refractivity contribution in [1.82, 2.24) is 5.32 Å². The van der Waals surface area contributed by atoms with E-state index in [1.807, 2.05) is 37.3 Å². The van der Waals surface area contributed by atoms with Crippen LogP contribution in [0.5, 0.6) is 0 Å². The number of hydrogen-bond donors (Lipinski definition) is 1. The molecule has 0 aromatic heterocycles. The summed E-state index contributed by atoms with van der Waals surface area (Å²) in [5, 5.41) is 3.48. The normalized spacial score (nSPS) is 13.9. The van der Waals surface area contributed by atoms with E-state index in [9.17, 15) is 4.39 Å². The highest BCUT2D eigenvalue weighted by molar-refractivity contribution is 5.31. The van der Waals surface area contributed by atoms with Crippen LogP contribution in [0.1, 0.15) is 24.1 Å². The summed E-state index contributed by atoms with van der Waals surface area (Å²) in [5.74, 6) is -0.217. The second kappa shape index (κ2) is 7.17. The Labute approximate surface area is 119 Å². The topological polar surface area (TPSA) is 21.3 Å². The van der Waals surface area contributed by atoms with Gasteiger partial charge in [-0.25, -0.2) is 4.39 Å². The van der Waals surface area contributed by atoms with Gasteiger partial charge >= 0.3 is 0 Å². The van der Waals surface area contributed by atoms with Gasteiger partial charge in [-0.3, -0.25) is 0 Å². The van der Waals surface area contributed by atoms with Crippen LogP contribution in [-0.4, -0.2) is 19.8 Å². The van der Waals surface area contributed by atoms with E-state index in [2.05, 4.69) is 17.4 Å². The van der Waals surface area contributed by atoms with Gasteiger partial charge in [-0.1, -0.05) is 42.5 Å². The molecule has 0 spiro atoms. The number of halogens is 1. The van der Waals surface area contributed by atoms with E-state index in [-0.39, 0.29) is 18.0 Å². The largest absolute Gasteiger partial charge is 0.380 e. The van der Waals surface area contributed by atoms with E-state index in [1.54, 1.807) is 7.11 Å². The predicted octanol–water partition coefficient (Wildman–Crippen LogP) is 3.54. The highest BCUT2D eigenvalue weighted by Gasteiger charge is 2.14. The second-order valence-electron chi connectivity index (χ2n) is 4.85. The molecule has 0 radical (unpaired) electrons. The Kier molecular flexibility index (Phi) is 5.27. The molecule has 106 valence electrons. The first-order chi connectivity index (χ1) is 9.70. The third-order valence-corrected chi connectivity index (χ3v) is 3.35. The van der Waals surface area contributed by atoms with Gasteiger partial charge in [0, 0.05) is 13.7 Å². The third kappa shape index (κ3) is 3.89. The minimum absolute atomic E-state index is 0.0365. The average Bonchev–Trinajstić information content (AvgIpc) is 2.50. The van der Waals surface area contributed by atoms with Gasteiger partial charge in [0.15, 0.2) is 0 Å². The number of methoxy groups -OCH3 is 1. The minimum Gasteiger partial charge on any atom is -0.380 e.